The Morgan fingerprint density at radius 3 is 2.15 bits per heavy atom. The maximum atomic E-state index is 11.8. The van der Waals surface area contributed by atoms with Crippen LogP contribution in [0, 0.1) is 0 Å². The zero-order chi connectivity index (χ0) is 15.3. The van der Waals surface area contributed by atoms with Crippen LogP contribution in [-0.4, -0.2) is 41.3 Å². The van der Waals surface area contributed by atoms with Crippen LogP contribution >= 0.6 is 11.8 Å². The van der Waals surface area contributed by atoms with Gasteiger partial charge in [0.15, 0.2) is 0 Å². The molecule has 0 saturated carbocycles. The van der Waals surface area contributed by atoms with Gasteiger partial charge in [-0.1, -0.05) is 20.8 Å². The Morgan fingerprint density at radius 2 is 1.70 bits per heavy atom. The van der Waals surface area contributed by atoms with Gasteiger partial charge in [-0.3, -0.25) is 9.59 Å². The highest BCUT2D eigenvalue weighted by Crippen LogP contribution is 2.23. The molecule has 0 aliphatic heterocycles. The summed E-state index contributed by atoms with van der Waals surface area (Å²) in [5.41, 5.74) is 1.32. The first-order valence-corrected chi connectivity index (χ1v) is 7.43. The molecule has 2 amide bonds. The van der Waals surface area contributed by atoms with E-state index in [0.29, 0.717) is 17.0 Å². The van der Waals surface area contributed by atoms with Gasteiger partial charge in [0.1, 0.15) is 0 Å². The number of hydrogen-bond acceptors (Lipinski definition) is 3. The van der Waals surface area contributed by atoms with E-state index in [4.69, 9.17) is 0 Å². The van der Waals surface area contributed by atoms with Crippen molar-refractivity contribution in [3.8, 4) is 0 Å². The molecular weight excluding hydrogens is 272 g/mol. The fraction of sp³-hybridized carbons (Fsp3) is 0.467. The van der Waals surface area contributed by atoms with Gasteiger partial charge in [0.25, 0.3) is 5.91 Å². The van der Waals surface area contributed by atoms with Crippen LogP contribution in [0.1, 0.15) is 31.1 Å². The highest BCUT2D eigenvalue weighted by molar-refractivity contribution is 8.01. The van der Waals surface area contributed by atoms with Gasteiger partial charge in [0.05, 0.1) is 5.75 Å². The van der Waals surface area contributed by atoms with Crippen LogP contribution in [0.3, 0.4) is 0 Å². The third kappa shape index (κ3) is 5.65. The van der Waals surface area contributed by atoms with Crippen molar-refractivity contribution >= 4 is 29.3 Å². The second-order valence-electron chi connectivity index (χ2n) is 5.73. The van der Waals surface area contributed by atoms with E-state index in [0.717, 1.165) is 0 Å². The van der Waals surface area contributed by atoms with Crippen LogP contribution in [0.25, 0.3) is 0 Å². The number of nitrogens with one attached hydrogen (secondary N) is 1. The molecule has 0 heterocycles. The summed E-state index contributed by atoms with van der Waals surface area (Å²) < 4.78 is 0.0688. The Hall–Kier alpha value is -1.49. The quantitative estimate of drug-likeness (QED) is 0.929. The SMILES string of the molecule is CN(C)C(=O)c1ccc(NC(=O)CSC(C)(C)C)cc1. The Kier molecular flexibility index (Phi) is 5.62. The summed E-state index contributed by atoms with van der Waals surface area (Å²) in [6.07, 6.45) is 0. The summed E-state index contributed by atoms with van der Waals surface area (Å²) in [6, 6.07) is 6.93. The summed E-state index contributed by atoms with van der Waals surface area (Å²) in [4.78, 5) is 25.0. The predicted molar refractivity (Wildman–Crippen MR) is 85.3 cm³/mol. The van der Waals surface area contributed by atoms with Gasteiger partial charge in [0, 0.05) is 30.1 Å². The second kappa shape index (κ2) is 6.79. The molecule has 1 N–H and O–H groups in total. The van der Waals surface area contributed by atoms with Crippen molar-refractivity contribution in [3.05, 3.63) is 29.8 Å². The molecular formula is C15H22N2O2S. The molecule has 0 unspecified atom stereocenters. The van der Waals surface area contributed by atoms with Gasteiger partial charge >= 0.3 is 0 Å². The molecule has 0 atom stereocenters. The molecule has 20 heavy (non-hydrogen) atoms. The lowest BCUT2D eigenvalue weighted by Gasteiger charge is -2.17. The Labute approximate surface area is 124 Å². The zero-order valence-corrected chi connectivity index (χ0v) is 13.5. The average molecular weight is 294 g/mol. The minimum Gasteiger partial charge on any atom is -0.345 e. The van der Waals surface area contributed by atoms with Crippen LogP contribution in [0.5, 0.6) is 0 Å². The predicted octanol–water partition coefficient (Wildman–Crippen LogP) is 2.86. The van der Waals surface area contributed by atoms with Crippen molar-refractivity contribution in [3.63, 3.8) is 0 Å². The molecule has 0 aromatic heterocycles. The minimum atomic E-state index is -0.0498. The third-order valence-electron chi connectivity index (χ3n) is 2.46. The van der Waals surface area contributed by atoms with Gasteiger partial charge in [-0.15, -0.1) is 11.8 Å². The van der Waals surface area contributed by atoms with Gasteiger partial charge < -0.3 is 10.2 Å². The molecule has 0 radical (unpaired) electrons. The van der Waals surface area contributed by atoms with Crippen LogP contribution < -0.4 is 5.32 Å². The van der Waals surface area contributed by atoms with Crippen LogP contribution in [0.15, 0.2) is 24.3 Å². The number of rotatable bonds is 4. The summed E-state index contributed by atoms with van der Waals surface area (Å²) in [7, 11) is 3.42. The van der Waals surface area contributed by atoms with E-state index in [9.17, 15) is 9.59 Å². The van der Waals surface area contributed by atoms with E-state index in [1.807, 2.05) is 0 Å². The average Bonchev–Trinajstić information content (AvgIpc) is 2.35. The highest BCUT2D eigenvalue weighted by Gasteiger charge is 2.13. The Balaban J connectivity index is 2.57. The molecule has 0 aliphatic carbocycles. The number of thioether (sulfide) groups is 1. The van der Waals surface area contributed by atoms with E-state index in [-0.39, 0.29) is 16.6 Å². The molecule has 0 spiro atoms. The molecule has 1 rings (SSSR count). The highest BCUT2D eigenvalue weighted by atomic mass is 32.2. The number of hydrogen-bond donors (Lipinski definition) is 1. The van der Waals surface area contributed by atoms with Gasteiger partial charge in [-0.2, -0.15) is 0 Å². The number of carbonyl (C=O) groups is 2. The molecule has 0 aliphatic rings. The van der Waals surface area contributed by atoms with Gasteiger partial charge in [0.2, 0.25) is 5.91 Å². The first-order chi connectivity index (χ1) is 9.19. The number of amides is 2. The zero-order valence-electron chi connectivity index (χ0n) is 12.7. The number of nitrogens with zero attached hydrogens (tertiary/aromatic N) is 1. The largest absolute Gasteiger partial charge is 0.345 e. The van der Waals surface area contributed by atoms with Crippen molar-refractivity contribution in [2.45, 2.75) is 25.5 Å². The van der Waals surface area contributed by atoms with Crippen molar-refractivity contribution in [1.82, 2.24) is 4.90 Å². The maximum Gasteiger partial charge on any atom is 0.253 e. The van der Waals surface area contributed by atoms with Crippen molar-refractivity contribution in [2.24, 2.45) is 0 Å². The monoisotopic (exact) mass is 294 g/mol. The minimum absolute atomic E-state index is 0.0309. The smallest absolute Gasteiger partial charge is 0.253 e. The molecule has 1 aromatic rings. The molecule has 0 saturated heterocycles. The van der Waals surface area contributed by atoms with E-state index in [1.54, 1.807) is 50.1 Å². The number of benzene rings is 1. The van der Waals surface area contributed by atoms with Gasteiger partial charge in [-0.05, 0) is 24.3 Å². The van der Waals surface area contributed by atoms with Crippen molar-refractivity contribution in [2.75, 3.05) is 25.2 Å². The first-order valence-electron chi connectivity index (χ1n) is 6.44. The standard InChI is InChI=1S/C15H22N2O2S/c1-15(2,3)20-10-13(18)16-12-8-6-11(7-9-12)14(19)17(4)5/h6-9H,10H2,1-5H3,(H,16,18). The molecule has 0 bridgehead atoms. The van der Waals surface area contributed by atoms with Gasteiger partial charge in [-0.25, -0.2) is 0 Å². The summed E-state index contributed by atoms with van der Waals surface area (Å²) in [5, 5.41) is 2.83. The lowest BCUT2D eigenvalue weighted by Crippen LogP contribution is -2.22. The van der Waals surface area contributed by atoms with E-state index >= 15 is 0 Å². The van der Waals surface area contributed by atoms with E-state index < -0.39 is 0 Å². The van der Waals surface area contributed by atoms with Crippen LogP contribution in [-0.2, 0) is 4.79 Å². The van der Waals surface area contributed by atoms with Crippen LogP contribution in [0.4, 0.5) is 5.69 Å². The molecule has 0 fully saturated rings. The molecule has 110 valence electrons. The Bertz CT molecular complexity index is 476. The summed E-state index contributed by atoms with van der Waals surface area (Å²) in [5.74, 6) is 0.338. The number of carbonyl (C=O) groups excluding carboxylic acids is 2. The van der Waals surface area contributed by atoms with Crippen molar-refractivity contribution < 1.29 is 9.59 Å². The lowest BCUT2D eigenvalue weighted by molar-refractivity contribution is -0.113. The maximum absolute atomic E-state index is 11.8. The third-order valence-corrected chi connectivity index (χ3v) is 3.73. The molecule has 4 nitrogen and oxygen atoms in total. The normalized spacial score (nSPS) is 11.1. The second-order valence-corrected chi connectivity index (χ2v) is 7.53. The topological polar surface area (TPSA) is 49.4 Å². The Morgan fingerprint density at radius 1 is 1.15 bits per heavy atom. The molecule has 1 aromatic carbocycles. The van der Waals surface area contributed by atoms with Crippen molar-refractivity contribution in [1.29, 1.82) is 0 Å². The first kappa shape index (κ1) is 16.6. The van der Waals surface area contributed by atoms with E-state index in [2.05, 4.69) is 26.1 Å². The van der Waals surface area contributed by atoms with Crippen LogP contribution in [0.2, 0.25) is 0 Å². The molecule has 5 heteroatoms. The fourth-order valence-electron chi connectivity index (χ4n) is 1.43. The lowest BCUT2D eigenvalue weighted by atomic mass is 10.2. The number of anilines is 1. The van der Waals surface area contributed by atoms with E-state index in [1.165, 1.54) is 4.90 Å². The summed E-state index contributed by atoms with van der Waals surface area (Å²) in [6.45, 7) is 6.23. The fourth-order valence-corrected chi connectivity index (χ4v) is 2.07. The summed E-state index contributed by atoms with van der Waals surface area (Å²) >= 11 is 1.60.